The predicted octanol–water partition coefficient (Wildman–Crippen LogP) is 0.886. The highest BCUT2D eigenvalue weighted by molar-refractivity contribution is 5.74. The van der Waals surface area contributed by atoms with Crippen molar-refractivity contribution in [2.45, 2.75) is 39.7 Å². The van der Waals surface area contributed by atoms with Crippen LogP contribution in [0.4, 0.5) is 0 Å². The first-order valence-corrected chi connectivity index (χ1v) is 4.63. The number of primary amides is 1. The summed E-state index contributed by atoms with van der Waals surface area (Å²) in [7, 11) is 0. The van der Waals surface area contributed by atoms with Gasteiger partial charge in [0.2, 0.25) is 5.91 Å². The highest BCUT2D eigenvalue weighted by Gasteiger charge is 2.16. The van der Waals surface area contributed by atoms with Crippen LogP contribution in [0.2, 0.25) is 0 Å². The second-order valence-corrected chi connectivity index (χ2v) is 3.22. The van der Waals surface area contributed by atoms with Crippen molar-refractivity contribution in [2.75, 3.05) is 6.54 Å². The maximum Gasteiger partial charge on any atom is 0.218 e. The lowest BCUT2D eigenvalue weighted by Crippen LogP contribution is -2.38. The fourth-order valence-electron chi connectivity index (χ4n) is 1.24. The Balaban J connectivity index is 3.93. The molecule has 3 N–H and O–H groups in total. The van der Waals surface area contributed by atoms with E-state index in [2.05, 4.69) is 19.2 Å². The Morgan fingerprint density at radius 1 is 1.50 bits per heavy atom. The third-order valence-corrected chi connectivity index (χ3v) is 2.22. The van der Waals surface area contributed by atoms with Gasteiger partial charge in [-0.25, -0.2) is 0 Å². The Morgan fingerprint density at radius 2 is 2.08 bits per heavy atom. The van der Waals surface area contributed by atoms with Crippen molar-refractivity contribution >= 4 is 5.91 Å². The molecule has 0 aliphatic heterocycles. The molecule has 1 amide bonds. The molecule has 3 nitrogen and oxygen atoms in total. The zero-order valence-corrected chi connectivity index (χ0v) is 8.26. The number of nitrogens with two attached hydrogens (primary N) is 1. The number of hydrogen-bond acceptors (Lipinski definition) is 2. The van der Waals surface area contributed by atoms with Crippen LogP contribution in [0.3, 0.4) is 0 Å². The molecule has 0 heterocycles. The zero-order valence-electron chi connectivity index (χ0n) is 8.26. The first kappa shape index (κ1) is 11.4. The highest BCUT2D eigenvalue weighted by Crippen LogP contribution is 2.10. The number of rotatable bonds is 6. The SMILES string of the molecule is CCNC(CC(N)=O)C(C)CC. The summed E-state index contributed by atoms with van der Waals surface area (Å²) >= 11 is 0. The molecule has 0 aliphatic carbocycles. The second kappa shape index (κ2) is 6.00. The van der Waals surface area contributed by atoms with Crippen LogP contribution in [0.5, 0.6) is 0 Å². The Hall–Kier alpha value is -0.570. The monoisotopic (exact) mass is 172 g/mol. The van der Waals surface area contributed by atoms with Crippen molar-refractivity contribution < 1.29 is 4.79 Å². The molecule has 0 bridgehead atoms. The first-order chi connectivity index (χ1) is 5.61. The molecule has 0 aromatic rings. The largest absolute Gasteiger partial charge is 0.370 e. The quantitative estimate of drug-likeness (QED) is 0.625. The maximum atomic E-state index is 10.7. The van der Waals surface area contributed by atoms with Gasteiger partial charge in [0.25, 0.3) is 0 Å². The molecule has 0 saturated carbocycles. The van der Waals surface area contributed by atoms with Crippen molar-refractivity contribution in [3.8, 4) is 0 Å². The van der Waals surface area contributed by atoms with Crippen molar-refractivity contribution in [3.05, 3.63) is 0 Å². The van der Waals surface area contributed by atoms with Gasteiger partial charge in [-0.05, 0) is 12.5 Å². The van der Waals surface area contributed by atoms with E-state index in [1.54, 1.807) is 0 Å². The van der Waals surface area contributed by atoms with Gasteiger partial charge in [-0.3, -0.25) is 4.79 Å². The van der Waals surface area contributed by atoms with Gasteiger partial charge in [0.05, 0.1) is 0 Å². The van der Waals surface area contributed by atoms with Crippen molar-refractivity contribution in [3.63, 3.8) is 0 Å². The average Bonchev–Trinajstić information content (AvgIpc) is 2.01. The summed E-state index contributed by atoms with van der Waals surface area (Å²) < 4.78 is 0. The lowest BCUT2D eigenvalue weighted by atomic mass is 9.96. The summed E-state index contributed by atoms with van der Waals surface area (Å²) in [6, 6.07) is 0.248. The van der Waals surface area contributed by atoms with Crippen molar-refractivity contribution in [1.82, 2.24) is 5.32 Å². The van der Waals surface area contributed by atoms with E-state index in [9.17, 15) is 4.79 Å². The Bertz CT molecular complexity index is 136. The molecule has 0 aromatic carbocycles. The van der Waals surface area contributed by atoms with Crippen LogP contribution < -0.4 is 11.1 Å². The van der Waals surface area contributed by atoms with E-state index in [-0.39, 0.29) is 11.9 Å². The van der Waals surface area contributed by atoms with Gasteiger partial charge in [0, 0.05) is 12.5 Å². The van der Waals surface area contributed by atoms with Crippen LogP contribution in [0.15, 0.2) is 0 Å². The van der Waals surface area contributed by atoms with Gasteiger partial charge in [-0.2, -0.15) is 0 Å². The third kappa shape index (κ3) is 4.34. The Morgan fingerprint density at radius 3 is 2.42 bits per heavy atom. The van der Waals surface area contributed by atoms with Crippen LogP contribution in [-0.2, 0) is 4.79 Å². The van der Waals surface area contributed by atoms with Gasteiger partial charge in [0.1, 0.15) is 0 Å². The summed E-state index contributed by atoms with van der Waals surface area (Å²) in [5.41, 5.74) is 5.14. The molecule has 12 heavy (non-hydrogen) atoms. The minimum Gasteiger partial charge on any atom is -0.370 e. The Kier molecular flexibility index (Phi) is 5.72. The summed E-state index contributed by atoms with van der Waals surface area (Å²) in [6.07, 6.45) is 1.52. The molecular weight excluding hydrogens is 152 g/mol. The molecular formula is C9H20N2O. The van der Waals surface area contributed by atoms with E-state index >= 15 is 0 Å². The van der Waals surface area contributed by atoms with Gasteiger partial charge in [-0.15, -0.1) is 0 Å². The van der Waals surface area contributed by atoms with Gasteiger partial charge < -0.3 is 11.1 Å². The average molecular weight is 172 g/mol. The molecule has 0 aromatic heterocycles. The van der Waals surface area contributed by atoms with E-state index in [4.69, 9.17) is 5.73 Å². The zero-order chi connectivity index (χ0) is 9.56. The van der Waals surface area contributed by atoms with Crippen LogP contribution >= 0.6 is 0 Å². The fraction of sp³-hybridized carbons (Fsp3) is 0.889. The summed E-state index contributed by atoms with van der Waals surface area (Å²) in [5, 5.41) is 3.26. The van der Waals surface area contributed by atoms with E-state index < -0.39 is 0 Å². The molecule has 3 heteroatoms. The summed E-state index contributed by atoms with van der Waals surface area (Å²) in [5.74, 6) is 0.290. The topological polar surface area (TPSA) is 55.1 Å². The lowest BCUT2D eigenvalue weighted by Gasteiger charge is -2.22. The van der Waals surface area contributed by atoms with Crippen LogP contribution in [0, 0.1) is 5.92 Å². The van der Waals surface area contributed by atoms with Crippen molar-refractivity contribution in [1.29, 1.82) is 0 Å². The van der Waals surface area contributed by atoms with Crippen LogP contribution in [0.25, 0.3) is 0 Å². The fourth-order valence-corrected chi connectivity index (χ4v) is 1.24. The molecule has 72 valence electrons. The lowest BCUT2D eigenvalue weighted by molar-refractivity contribution is -0.118. The molecule has 0 rings (SSSR count). The molecule has 0 saturated heterocycles. The van der Waals surface area contributed by atoms with Gasteiger partial charge >= 0.3 is 0 Å². The predicted molar refractivity (Wildman–Crippen MR) is 50.7 cm³/mol. The molecule has 0 aliphatic rings. The highest BCUT2D eigenvalue weighted by atomic mass is 16.1. The van der Waals surface area contributed by atoms with Crippen LogP contribution in [-0.4, -0.2) is 18.5 Å². The van der Waals surface area contributed by atoms with E-state index in [0.717, 1.165) is 13.0 Å². The summed E-state index contributed by atoms with van der Waals surface area (Å²) in [6.45, 7) is 7.19. The minimum atomic E-state index is -0.221. The maximum absolute atomic E-state index is 10.7. The number of hydrogen-bond donors (Lipinski definition) is 2. The first-order valence-electron chi connectivity index (χ1n) is 4.63. The summed E-state index contributed by atoms with van der Waals surface area (Å²) in [4.78, 5) is 10.7. The second-order valence-electron chi connectivity index (χ2n) is 3.22. The number of carbonyl (C=O) groups is 1. The van der Waals surface area contributed by atoms with Gasteiger partial charge in [-0.1, -0.05) is 27.2 Å². The standard InChI is InChI=1S/C9H20N2O/c1-4-7(3)8(11-5-2)6-9(10)12/h7-8,11H,4-6H2,1-3H3,(H2,10,12). The molecule has 0 radical (unpaired) electrons. The Labute approximate surface area is 74.7 Å². The normalized spacial score (nSPS) is 15.6. The van der Waals surface area contributed by atoms with E-state index in [1.165, 1.54) is 0 Å². The molecule has 0 spiro atoms. The number of carbonyl (C=O) groups excluding carboxylic acids is 1. The molecule has 2 unspecified atom stereocenters. The van der Waals surface area contributed by atoms with Crippen LogP contribution in [0.1, 0.15) is 33.6 Å². The molecule has 0 fully saturated rings. The smallest absolute Gasteiger partial charge is 0.218 e. The molecule has 2 atom stereocenters. The van der Waals surface area contributed by atoms with Gasteiger partial charge in [0.15, 0.2) is 0 Å². The van der Waals surface area contributed by atoms with Crippen molar-refractivity contribution in [2.24, 2.45) is 11.7 Å². The number of nitrogens with one attached hydrogen (secondary N) is 1. The third-order valence-electron chi connectivity index (χ3n) is 2.22. The van der Waals surface area contributed by atoms with E-state index in [0.29, 0.717) is 12.3 Å². The minimum absolute atomic E-state index is 0.221. The number of amides is 1. The van der Waals surface area contributed by atoms with E-state index in [1.807, 2.05) is 6.92 Å².